The third-order valence-corrected chi connectivity index (χ3v) is 5.03. The molecule has 0 radical (unpaired) electrons. The number of anilines is 2. The van der Waals surface area contributed by atoms with Gasteiger partial charge in [-0.05, 0) is 38.1 Å². The molecule has 0 aromatic carbocycles. The van der Waals surface area contributed by atoms with Crippen molar-refractivity contribution >= 4 is 34.7 Å². The fourth-order valence-electron chi connectivity index (χ4n) is 3.45. The molecule has 1 N–H and O–H groups in total. The van der Waals surface area contributed by atoms with E-state index < -0.39 is 29.7 Å². The van der Waals surface area contributed by atoms with Crippen molar-refractivity contribution in [2.45, 2.75) is 26.1 Å². The van der Waals surface area contributed by atoms with Gasteiger partial charge in [-0.25, -0.2) is 14.8 Å². The van der Waals surface area contributed by atoms with Crippen molar-refractivity contribution < 1.29 is 27.2 Å². The molecule has 162 valence electrons. The number of carbonyl (C=O) groups excluding carboxylic acids is 2. The molecule has 1 saturated heterocycles. The number of nitrogens with zero attached hydrogens (tertiary/aromatic N) is 4. The number of halogens is 3. The van der Waals surface area contributed by atoms with Crippen LogP contribution in [0.15, 0.2) is 34.9 Å². The zero-order valence-electron chi connectivity index (χ0n) is 16.8. The lowest BCUT2D eigenvalue weighted by Gasteiger charge is -2.26. The molecule has 3 amide bonds. The minimum absolute atomic E-state index is 0.0756. The Morgan fingerprint density at radius 3 is 2.71 bits per heavy atom. The number of aryl methyl sites for hydroxylation is 2. The van der Waals surface area contributed by atoms with E-state index in [4.69, 9.17) is 4.42 Å². The molecule has 1 fully saturated rings. The first-order valence-corrected chi connectivity index (χ1v) is 9.31. The third kappa shape index (κ3) is 3.66. The van der Waals surface area contributed by atoms with Crippen LogP contribution in [0.25, 0.3) is 11.1 Å². The van der Waals surface area contributed by atoms with Crippen LogP contribution in [0.5, 0.6) is 0 Å². The summed E-state index contributed by atoms with van der Waals surface area (Å²) in [6, 6.07) is 3.11. The summed E-state index contributed by atoms with van der Waals surface area (Å²) in [6.45, 7) is 3.13. The van der Waals surface area contributed by atoms with Crippen LogP contribution < -0.4 is 15.1 Å². The number of furan rings is 1. The van der Waals surface area contributed by atoms with Gasteiger partial charge >= 0.3 is 12.2 Å². The second-order valence-corrected chi connectivity index (χ2v) is 7.26. The molecule has 0 aliphatic carbocycles. The lowest BCUT2D eigenvalue weighted by atomic mass is 10.2. The molecule has 8 nitrogen and oxygen atoms in total. The minimum atomic E-state index is -4.61. The Labute approximate surface area is 174 Å². The zero-order valence-corrected chi connectivity index (χ0v) is 16.8. The van der Waals surface area contributed by atoms with Crippen molar-refractivity contribution in [1.29, 1.82) is 0 Å². The van der Waals surface area contributed by atoms with Crippen LogP contribution in [-0.2, 0) is 11.0 Å². The molecule has 31 heavy (non-hydrogen) atoms. The Kier molecular flexibility index (Phi) is 4.83. The molecular formula is C20H18F3N5O3. The first-order chi connectivity index (χ1) is 14.6. The highest BCUT2D eigenvalue weighted by molar-refractivity contribution is 6.07. The van der Waals surface area contributed by atoms with E-state index in [1.165, 1.54) is 18.9 Å². The number of rotatable bonds is 3. The highest BCUT2D eigenvalue weighted by Gasteiger charge is 2.41. The van der Waals surface area contributed by atoms with Crippen molar-refractivity contribution in [2.75, 3.05) is 23.4 Å². The first-order valence-electron chi connectivity index (χ1n) is 9.31. The van der Waals surface area contributed by atoms with Crippen molar-refractivity contribution in [3.63, 3.8) is 0 Å². The number of likely N-dealkylation sites (N-methyl/N-ethyl adjacent to an activating group) is 1. The summed E-state index contributed by atoms with van der Waals surface area (Å²) in [5.74, 6) is -0.458. The molecule has 3 aromatic heterocycles. The highest BCUT2D eigenvalue weighted by Crippen LogP contribution is 2.33. The number of hydrogen-bond acceptors (Lipinski definition) is 5. The van der Waals surface area contributed by atoms with E-state index in [1.807, 2.05) is 6.92 Å². The summed E-state index contributed by atoms with van der Waals surface area (Å²) < 4.78 is 45.1. The first kappa shape index (κ1) is 20.6. The largest absolute Gasteiger partial charge is 0.462 e. The number of nitrogens with one attached hydrogen (secondary N) is 1. The summed E-state index contributed by atoms with van der Waals surface area (Å²) in [5.41, 5.74) is 1.07. The number of alkyl halides is 3. The van der Waals surface area contributed by atoms with Crippen LogP contribution in [0.1, 0.15) is 16.8 Å². The predicted molar refractivity (Wildman–Crippen MR) is 106 cm³/mol. The highest BCUT2D eigenvalue weighted by atomic mass is 19.4. The van der Waals surface area contributed by atoms with Crippen molar-refractivity contribution in [1.82, 2.24) is 15.3 Å². The Bertz CT molecular complexity index is 1190. The maximum atomic E-state index is 13.2. The summed E-state index contributed by atoms with van der Waals surface area (Å²) in [4.78, 5) is 36.3. The van der Waals surface area contributed by atoms with E-state index in [1.54, 1.807) is 18.4 Å². The quantitative estimate of drug-likeness (QED) is 0.684. The number of carbonyl (C=O) groups is 2. The standard InChI is InChI=1S/C20H18F3N5O3/c1-10-9-31-14-4-5-15(26-17(10)14)27(3)18(29)13-8-24-19(30)28(13)16-7-12(20(21,22)23)6-11(2)25-16/h4-7,9,13H,8H2,1-3H3,(H,24,30). The molecule has 11 heteroatoms. The van der Waals surface area contributed by atoms with Gasteiger partial charge in [0.05, 0.1) is 11.8 Å². The number of fused-ring (bicyclic) bond motifs is 1. The topological polar surface area (TPSA) is 91.6 Å². The molecular weight excluding hydrogens is 415 g/mol. The van der Waals surface area contributed by atoms with E-state index >= 15 is 0 Å². The minimum Gasteiger partial charge on any atom is -0.462 e. The summed E-state index contributed by atoms with van der Waals surface area (Å²) in [7, 11) is 1.48. The van der Waals surface area contributed by atoms with Crippen LogP contribution in [0, 0.1) is 13.8 Å². The molecule has 1 unspecified atom stereocenters. The lowest BCUT2D eigenvalue weighted by molar-refractivity contribution is -0.137. The normalized spacial score (nSPS) is 16.6. The van der Waals surface area contributed by atoms with E-state index in [-0.39, 0.29) is 18.1 Å². The van der Waals surface area contributed by atoms with Gasteiger partial charge in [0.25, 0.3) is 5.91 Å². The second kappa shape index (κ2) is 7.25. The van der Waals surface area contributed by atoms with Crippen LogP contribution in [0.3, 0.4) is 0 Å². The van der Waals surface area contributed by atoms with Gasteiger partial charge in [0.2, 0.25) is 0 Å². The van der Waals surface area contributed by atoms with Crippen LogP contribution >= 0.6 is 0 Å². The monoisotopic (exact) mass is 433 g/mol. The number of amides is 3. The smallest absolute Gasteiger partial charge is 0.416 e. The van der Waals surface area contributed by atoms with Crippen LogP contribution in [0.4, 0.5) is 29.6 Å². The van der Waals surface area contributed by atoms with Gasteiger partial charge in [0.15, 0.2) is 5.58 Å². The van der Waals surface area contributed by atoms with Gasteiger partial charge in [0, 0.05) is 24.8 Å². The molecule has 1 aliphatic heterocycles. The van der Waals surface area contributed by atoms with Gasteiger partial charge in [0.1, 0.15) is 23.2 Å². The third-order valence-electron chi connectivity index (χ3n) is 5.03. The Balaban J connectivity index is 1.68. The number of urea groups is 1. The van der Waals surface area contributed by atoms with E-state index in [0.717, 1.165) is 22.6 Å². The van der Waals surface area contributed by atoms with Gasteiger partial charge in [-0.15, -0.1) is 0 Å². The van der Waals surface area contributed by atoms with E-state index in [2.05, 4.69) is 15.3 Å². The van der Waals surface area contributed by atoms with Crippen molar-refractivity contribution in [2.24, 2.45) is 0 Å². The Hall–Kier alpha value is -3.63. The Morgan fingerprint density at radius 2 is 2.00 bits per heavy atom. The molecule has 1 atom stereocenters. The SMILES string of the molecule is Cc1cc(C(F)(F)F)cc(N2C(=O)NCC2C(=O)N(C)c2ccc3occ(C)c3n2)n1. The van der Waals surface area contributed by atoms with Gasteiger partial charge in [-0.3, -0.25) is 14.6 Å². The Morgan fingerprint density at radius 1 is 1.26 bits per heavy atom. The summed E-state index contributed by atoms with van der Waals surface area (Å²) in [6.07, 6.45) is -3.07. The van der Waals surface area contributed by atoms with Crippen molar-refractivity contribution in [3.8, 4) is 0 Å². The maximum absolute atomic E-state index is 13.2. The fraction of sp³-hybridized carbons (Fsp3) is 0.300. The van der Waals surface area contributed by atoms with Crippen LogP contribution in [-0.4, -0.2) is 41.5 Å². The van der Waals surface area contributed by atoms with E-state index in [0.29, 0.717) is 16.9 Å². The van der Waals surface area contributed by atoms with E-state index in [9.17, 15) is 22.8 Å². The summed E-state index contributed by atoms with van der Waals surface area (Å²) in [5, 5.41) is 2.50. The zero-order chi connectivity index (χ0) is 22.5. The van der Waals surface area contributed by atoms with Gasteiger partial charge < -0.3 is 9.73 Å². The number of aromatic nitrogens is 2. The van der Waals surface area contributed by atoms with Crippen LogP contribution in [0.2, 0.25) is 0 Å². The summed E-state index contributed by atoms with van der Waals surface area (Å²) >= 11 is 0. The molecule has 4 rings (SSSR count). The average molecular weight is 433 g/mol. The molecule has 0 spiro atoms. The molecule has 3 aromatic rings. The fourth-order valence-corrected chi connectivity index (χ4v) is 3.45. The number of pyridine rings is 2. The second-order valence-electron chi connectivity index (χ2n) is 7.26. The molecule has 1 aliphatic rings. The molecule has 0 saturated carbocycles. The number of hydrogen-bond donors (Lipinski definition) is 1. The average Bonchev–Trinajstić information content (AvgIpc) is 3.28. The van der Waals surface area contributed by atoms with Gasteiger partial charge in [-0.2, -0.15) is 13.2 Å². The molecule has 4 heterocycles. The van der Waals surface area contributed by atoms with Gasteiger partial charge in [-0.1, -0.05) is 0 Å². The van der Waals surface area contributed by atoms with Crippen molar-refractivity contribution in [3.05, 3.63) is 47.3 Å². The lowest BCUT2D eigenvalue weighted by Crippen LogP contribution is -2.47. The predicted octanol–water partition coefficient (Wildman–Crippen LogP) is 3.42. The maximum Gasteiger partial charge on any atom is 0.416 e. The molecule has 0 bridgehead atoms.